The highest BCUT2D eigenvalue weighted by molar-refractivity contribution is 5.74. The third-order valence-corrected chi connectivity index (χ3v) is 1.97. The van der Waals surface area contributed by atoms with Gasteiger partial charge in [-0.05, 0) is 6.07 Å². The van der Waals surface area contributed by atoms with Crippen molar-refractivity contribution in [2.45, 2.75) is 6.42 Å². The highest BCUT2D eigenvalue weighted by atomic mass is 16.5. The van der Waals surface area contributed by atoms with E-state index in [1.54, 1.807) is 12.1 Å². The van der Waals surface area contributed by atoms with E-state index in [-0.39, 0.29) is 6.42 Å². The molecule has 0 bridgehead atoms. The maximum Gasteiger partial charge on any atom is 0.307 e. The number of aliphatic carboxylic acids is 1. The summed E-state index contributed by atoms with van der Waals surface area (Å²) in [5.74, 6) is -0.184. The number of benzene rings is 1. The number of carboxylic acids is 1. The van der Waals surface area contributed by atoms with E-state index in [9.17, 15) is 4.79 Å². The van der Waals surface area contributed by atoms with E-state index in [0.717, 1.165) is 0 Å². The minimum absolute atomic E-state index is 0.125. The summed E-state index contributed by atoms with van der Waals surface area (Å²) in [6.07, 6.45) is -0.125. The third kappa shape index (κ3) is 2.31. The topological polar surface area (TPSA) is 81.8 Å². The van der Waals surface area contributed by atoms with Crippen molar-refractivity contribution >= 4 is 11.7 Å². The summed E-state index contributed by atoms with van der Waals surface area (Å²) in [7, 11) is 2.90. The van der Waals surface area contributed by atoms with Gasteiger partial charge in [-0.25, -0.2) is 0 Å². The average Bonchev–Trinajstić information content (AvgIpc) is 2.19. The normalized spacial score (nSPS) is 9.73. The number of anilines is 1. The fourth-order valence-electron chi connectivity index (χ4n) is 1.36. The molecule has 0 aliphatic heterocycles. The molecule has 0 aromatic heterocycles. The van der Waals surface area contributed by atoms with Gasteiger partial charge in [0.2, 0.25) is 0 Å². The zero-order valence-electron chi connectivity index (χ0n) is 8.61. The zero-order chi connectivity index (χ0) is 11.4. The Kier molecular flexibility index (Phi) is 3.38. The van der Waals surface area contributed by atoms with Gasteiger partial charge in [-0.1, -0.05) is 6.07 Å². The molecule has 0 heterocycles. The summed E-state index contributed by atoms with van der Waals surface area (Å²) in [5.41, 5.74) is 6.61. The summed E-state index contributed by atoms with van der Waals surface area (Å²) in [5, 5.41) is 8.69. The molecule has 5 nitrogen and oxygen atoms in total. The third-order valence-electron chi connectivity index (χ3n) is 1.97. The van der Waals surface area contributed by atoms with Gasteiger partial charge in [0.15, 0.2) is 11.5 Å². The van der Waals surface area contributed by atoms with Gasteiger partial charge in [-0.3, -0.25) is 4.79 Å². The lowest BCUT2D eigenvalue weighted by atomic mass is 10.1. The molecule has 0 aliphatic rings. The molecule has 0 aliphatic carbocycles. The molecule has 0 unspecified atom stereocenters. The van der Waals surface area contributed by atoms with Crippen LogP contribution in [0.4, 0.5) is 5.69 Å². The van der Waals surface area contributed by atoms with Gasteiger partial charge in [0.25, 0.3) is 0 Å². The number of hydrogen-bond donors (Lipinski definition) is 2. The van der Waals surface area contributed by atoms with Crippen LogP contribution in [0.15, 0.2) is 12.1 Å². The van der Waals surface area contributed by atoms with Crippen molar-refractivity contribution in [1.29, 1.82) is 0 Å². The number of nitrogen functional groups attached to an aromatic ring is 1. The zero-order valence-corrected chi connectivity index (χ0v) is 8.61. The predicted octanol–water partition coefficient (Wildman–Crippen LogP) is 0.913. The average molecular weight is 211 g/mol. The Hall–Kier alpha value is -1.91. The largest absolute Gasteiger partial charge is 0.492 e. The lowest BCUT2D eigenvalue weighted by molar-refractivity contribution is -0.136. The monoisotopic (exact) mass is 211 g/mol. The minimum Gasteiger partial charge on any atom is -0.492 e. The van der Waals surface area contributed by atoms with Crippen LogP contribution in [-0.2, 0) is 11.2 Å². The molecule has 0 fully saturated rings. The van der Waals surface area contributed by atoms with Crippen LogP contribution in [0, 0.1) is 0 Å². The molecule has 0 atom stereocenters. The maximum atomic E-state index is 10.6. The molecule has 1 rings (SSSR count). The lowest BCUT2D eigenvalue weighted by Crippen LogP contribution is -2.05. The molecule has 0 saturated carbocycles. The van der Waals surface area contributed by atoms with Gasteiger partial charge in [-0.2, -0.15) is 0 Å². The van der Waals surface area contributed by atoms with Gasteiger partial charge in [0.05, 0.1) is 26.3 Å². The van der Waals surface area contributed by atoms with Crippen molar-refractivity contribution in [2.24, 2.45) is 0 Å². The molecule has 15 heavy (non-hydrogen) atoms. The van der Waals surface area contributed by atoms with Crippen LogP contribution in [0.2, 0.25) is 0 Å². The quantitative estimate of drug-likeness (QED) is 0.723. The van der Waals surface area contributed by atoms with Crippen molar-refractivity contribution in [3.63, 3.8) is 0 Å². The Morgan fingerprint density at radius 1 is 1.33 bits per heavy atom. The van der Waals surface area contributed by atoms with Crippen molar-refractivity contribution in [3.8, 4) is 11.5 Å². The summed E-state index contributed by atoms with van der Waals surface area (Å²) in [4.78, 5) is 10.6. The highest BCUT2D eigenvalue weighted by Gasteiger charge is 2.15. The summed E-state index contributed by atoms with van der Waals surface area (Å²) >= 11 is 0. The summed E-state index contributed by atoms with van der Waals surface area (Å²) in [6.45, 7) is 0. The Morgan fingerprint density at radius 3 is 2.40 bits per heavy atom. The molecule has 0 radical (unpaired) electrons. The molecular weight excluding hydrogens is 198 g/mol. The standard InChI is InChI=1S/C10H13NO4/c1-14-9-6(5-8(12)13)3-4-7(11)10(9)15-2/h3-4H,5,11H2,1-2H3,(H,12,13). The van der Waals surface area contributed by atoms with Crippen molar-refractivity contribution in [3.05, 3.63) is 17.7 Å². The van der Waals surface area contributed by atoms with E-state index in [1.165, 1.54) is 14.2 Å². The van der Waals surface area contributed by atoms with Crippen molar-refractivity contribution in [1.82, 2.24) is 0 Å². The first-order chi connectivity index (χ1) is 7.10. The smallest absolute Gasteiger partial charge is 0.307 e. The number of nitrogens with two attached hydrogens (primary N) is 1. The van der Waals surface area contributed by atoms with E-state index in [4.69, 9.17) is 20.3 Å². The molecule has 0 amide bonds. The van der Waals surface area contributed by atoms with Crippen LogP contribution in [0.25, 0.3) is 0 Å². The predicted molar refractivity (Wildman–Crippen MR) is 55.3 cm³/mol. The number of carboxylic acid groups (broad SMARTS) is 1. The van der Waals surface area contributed by atoms with E-state index >= 15 is 0 Å². The lowest BCUT2D eigenvalue weighted by Gasteiger charge is -2.13. The Balaban J connectivity index is 3.22. The first-order valence-corrected chi connectivity index (χ1v) is 4.31. The number of rotatable bonds is 4. The van der Waals surface area contributed by atoms with Crippen molar-refractivity contribution in [2.75, 3.05) is 20.0 Å². The highest BCUT2D eigenvalue weighted by Crippen LogP contribution is 2.36. The van der Waals surface area contributed by atoms with E-state index in [2.05, 4.69) is 0 Å². The second kappa shape index (κ2) is 4.54. The molecule has 0 saturated heterocycles. The van der Waals surface area contributed by atoms with Gasteiger partial charge in [0.1, 0.15) is 0 Å². The van der Waals surface area contributed by atoms with Crippen LogP contribution in [0.3, 0.4) is 0 Å². The molecule has 1 aromatic carbocycles. The van der Waals surface area contributed by atoms with Crippen LogP contribution in [-0.4, -0.2) is 25.3 Å². The maximum absolute atomic E-state index is 10.6. The van der Waals surface area contributed by atoms with Crippen LogP contribution in [0.1, 0.15) is 5.56 Å². The molecule has 0 spiro atoms. The fourth-order valence-corrected chi connectivity index (χ4v) is 1.36. The molecule has 5 heteroatoms. The summed E-state index contributed by atoms with van der Waals surface area (Å²) in [6, 6.07) is 3.21. The second-order valence-electron chi connectivity index (χ2n) is 2.95. The molecule has 3 N–H and O–H groups in total. The molecule has 82 valence electrons. The second-order valence-corrected chi connectivity index (χ2v) is 2.95. The van der Waals surface area contributed by atoms with E-state index in [0.29, 0.717) is 22.7 Å². The number of methoxy groups -OCH3 is 2. The number of carbonyl (C=O) groups is 1. The Morgan fingerprint density at radius 2 is 1.93 bits per heavy atom. The SMILES string of the molecule is COc1c(N)ccc(CC(=O)O)c1OC. The van der Waals surface area contributed by atoms with Crippen LogP contribution in [0.5, 0.6) is 11.5 Å². The molecule has 1 aromatic rings. The minimum atomic E-state index is -0.930. The van der Waals surface area contributed by atoms with Crippen LogP contribution < -0.4 is 15.2 Å². The fraction of sp³-hybridized carbons (Fsp3) is 0.300. The van der Waals surface area contributed by atoms with Crippen molar-refractivity contribution < 1.29 is 19.4 Å². The first-order valence-electron chi connectivity index (χ1n) is 4.31. The van der Waals surface area contributed by atoms with E-state index in [1.807, 2.05) is 0 Å². The van der Waals surface area contributed by atoms with Gasteiger partial charge >= 0.3 is 5.97 Å². The number of hydrogen-bond acceptors (Lipinski definition) is 4. The van der Waals surface area contributed by atoms with E-state index < -0.39 is 5.97 Å². The Labute approximate surface area is 87.4 Å². The molecular formula is C10H13NO4. The van der Waals surface area contributed by atoms with Gasteiger partial charge in [0, 0.05) is 5.56 Å². The first kappa shape index (κ1) is 11.2. The van der Waals surface area contributed by atoms with Gasteiger partial charge < -0.3 is 20.3 Å². The summed E-state index contributed by atoms with van der Waals surface area (Å²) < 4.78 is 10.1. The number of ether oxygens (including phenoxy) is 2. The van der Waals surface area contributed by atoms with Crippen LogP contribution >= 0.6 is 0 Å². The Bertz CT molecular complexity index is 376. The van der Waals surface area contributed by atoms with Gasteiger partial charge in [-0.15, -0.1) is 0 Å².